The van der Waals surface area contributed by atoms with Crippen LogP contribution in [0.15, 0.2) is 53.1 Å². The number of anilines is 1. The highest BCUT2D eigenvalue weighted by Crippen LogP contribution is 2.27. The second-order valence-corrected chi connectivity index (χ2v) is 7.36. The predicted octanol–water partition coefficient (Wildman–Crippen LogP) is 3.06. The van der Waals surface area contributed by atoms with Crippen LogP contribution in [0.1, 0.15) is 29.6 Å². The van der Waals surface area contributed by atoms with Crippen LogP contribution in [-0.2, 0) is 17.9 Å². The molecule has 0 unspecified atom stereocenters. The molecule has 1 saturated heterocycles. The monoisotopic (exact) mass is 439 g/mol. The number of hydrogen-bond acceptors (Lipinski definition) is 6. The molecule has 2 aromatic carbocycles. The maximum atomic E-state index is 13.1. The van der Waals surface area contributed by atoms with Crippen molar-refractivity contribution in [1.82, 2.24) is 20.4 Å². The summed E-state index contributed by atoms with van der Waals surface area (Å²) in [6.07, 6.45) is 0.266. The van der Waals surface area contributed by atoms with Crippen LogP contribution in [0, 0.1) is 5.82 Å². The fraction of sp³-hybridized carbons (Fsp3) is 0.273. The number of halogens is 1. The third-order valence-electron chi connectivity index (χ3n) is 5.11. The number of methoxy groups -OCH3 is 1. The number of likely N-dealkylation sites (tertiary alicyclic amines) is 1. The second kappa shape index (κ2) is 9.46. The lowest BCUT2D eigenvalue weighted by molar-refractivity contribution is -0.128. The molecule has 3 aromatic rings. The first kappa shape index (κ1) is 21.3. The fourth-order valence-corrected chi connectivity index (χ4v) is 3.48. The topological polar surface area (TPSA) is 110 Å². The van der Waals surface area contributed by atoms with Crippen molar-refractivity contribution in [3.05, 3.63) is 71.6 Å². The average molecular weight is 439 g/mol. The smallest absolute Gasteiger partial charge is 0.319 e. The van der Waals surface area contributed by atoms with Gasteiger partial charge >= 0.3 is 6.03 Å². The minimum atomic E-state index is -0.448. The number of urea groups is 1. The van der Waals surface area contributed by atoms with Crippen LogP contribution in [0.25, 0.3) is 0 Å². The summed E-state index contributed by atoms with van der Waals surface area (Å²) in [4.78, 5) is 30.5. The van der Waals surface area contributed by atoms with Gasteiger partial charge in [0.2, 0.25) is 11.8 Å². The molecule has 1 aliphatic rings. The Bertz CT molecular complexity index is 1100. The molecule has 1 atom stereocenters. The number of amides is 3. The summed E-state index contributed by atoms with van der Waals surface area (Å²) in [5.41, 5.74) is 1.38. The molecule has 0 saturated carbocycles. The standard InChI is InChI=1S/C22H22FN5O4/c1-31-18-5-3-2-4-17(18)25-22(30)24-11-19-26-21(27-32-19)15-10-20(29)28(13-15)12-14-6-8-16(23)9-7-14/h2-9,15H,10-13H2,1H3,(H2,24,25,30)/t15-/m1/s1. The number of rotatable bonds is 7. The van der Waals surface area contributed by atoms with Gasteiger partial charge in [-0.15, -0.1) is 0 Å². The Labute approximate surface area is 183 Å². The zero-order valence-corrected chi connectivity index (χ0v) is 17.4. The van der Waals surface area contributed by atoms with E-state index >= 15 is 0 Å². The molecule has 1 aliphatic heterocycles. The van der Waals surface area contributed by atoms with Gasteiger partial charge in [-0.1, -0.05) is 29.4 Å². The molecule has 32 heavy (non-hydrogen) atoms. The van der Waals surface area contributed by atoms with Crippen LogP contribution in [0.5, 0.6) is 5.75 Å². The molecule has 166 valence electrons. The first-order valence-corrected chi connectivity index (χ1v) is 10.0. The molecule has 2 N–H and O–H groups in total. The van der Waals surface area contributed by atoms with Crippen molar-refractivity contribution in [1.29, 1.82) is 0 Å². The first-order chi connectivity index (χ1) is 15.5. The Kier molecular flexibility index (Phi) is 6.29. The molecular formula is C22H22FN5O4. The normalized spacial score (nSPS) is 15.6. The molecule has 0 radical (unpaired) electrons. The number of benzene rings is 2. The molecular weight excluding hydrogens is 417 g/mol. The Morgan fingerprint density at radius 3 is 2.81 bits per heavy atom. The van der Waals surface area contributed by atoms with Crippen LogP contribution in [0.2, 0.25) is 0 Å². The number of hydrogen-bond donors (Lipinski definition) is 2. The summed E-state index contributed by atoms with van der Waals surface area (Å²) in [6.45, 7) is 0.871. The van der Waals surface area contributed by atoms with Crippen molar-refractivity contribution in [2.45, 2.75) is 25.4 Å². The molecule has 0 spiro atoms. The van der Waals surface area contributed by atoms with Crippen molar-refractivity contribution in [3.63, 3.8) is 0 Å². The number of ether oxygens (including phenoxy) is 1. The summed E-state index contributed by atoms with van der Waals surface area (Å²) < 4.78 is 23.5. The number of para-hydroxylation sites is 2. The number of aromatic nitrogens is 2. The Hall–Kier alpha value is -3.95. The highest BCUT2D eigenvalue weighted by Gasteiger charge is 2.33. The third kappa shape index (κ3) is 5.02. The van der Waals surface area contributed by atoms with Gasteiger partial charge in [0.1, 0.15) is 11.6 Å². The van der Waals surface area contributed by atoms with Gasteiger partial charge < -0.3 is 24.8 Å². The Balaban J connectivity index is 1.30. The summed E-state index contributed by atoms with van der Waals surface area (Å²) in [6, 6.07) is 12.7. The van der Waals surface area contributed by atoms with E-state index in [4.69, 9.17) is 9.26 Å². The van der Waals surface area contributed by atoms with Crippen molar-refractivity contribution in [2.24, 2.45) is 0 Å². The van der Waals surface area contributed by atoms with Gasteiger partial charge in [-0.05, 0) is 29.8 Å². The van der Waals surface area contributed by atoms with Crippen LogP contribution < -0.4 is 15.4 Å². The van der Waals surface area contributed by atoms with Crippen LogP contribution >= 0.6 is 0 Å². The Morgan fingerprint density at radius 1 is 1.25 bits per heavy atom. The third-order valence-corrected chi connectivity index (χ3v) is 5.11. The quantitative estimate of drug-likeness (QED) is 0.586. The van der Waals surface area contributed by atoms with Gasteiger partial charge in [-0.2, -0.15) is 4.98 Å². The summed E-state index contributed by atoms with van der Waals surface area (Å²) in [5.74, 6) is 0.645. The minimum Gasteiger partial charge on any atom is -0.495 e. The Morgan fingerprint density at radius 2 is 2.03 bits per heavy atom. The fourth-order valence-electron chi connectivity index (χ4n) is 3.48. The number of carbonyl (C=O) groups excluding carboxylic acids is 2. The van der Waals surface area contributed by atoms with Gasteiger partial charge in [0.05, 0.1) is 19.3 Å². The molecule has 2 heterocycles. The van der Waals surface area contributed by atoms with Gasteiger partial charge in [0.15, 0.2) is 5.82 Å². The molecule has 4 rings (SSSR count). The van der Waals surface area contributed by atoms with E-state index in [1.54, 1.807) is 41.3 Å². The van der Waals surface area contributed by atoms with Gasteiger partial charge in [-0.25, -0.2) is 9.18 Å². The van der Waals surface area contributed by atoms with E-state index in [0.29, 0.717) is 30.4 Å². The van der Waals surface area contributed by atoms with Crippen molar-refractivity contribution in [2.75, 3.05) is 19.0 Å². The zero-order valence-electron chi connectivity index (χ0n) is 17.4. The summed E-state index contributed by atoms with van der Waals surface area (Å²) in [5, 5.41) is 9.31. The SMILES string of the molecule is COc1ccccc1NC(=O)NCc1nc([C@@H]2CC(=O)N(Cc3ccc(F)cc3)C2)no1. The zero-order chi connectivity index (χ0) is 22.5. The highest BCUT2D eigenvalue weighted by molar-refractivity contribution is 5.90. The lowest BCUT2D eigenvalue weighted by atomic mass is 10.1. The molecule has 3 amide bonds. The number of carbonyl (C=O) groups is 2. The van der Waals surface area contributed by atoms with Gasteiger partial charge in [-0.3, -0.25) is 4.79 Å². The van der Waals surface area contributed by atoms with Crippen molar-refractivity contribution in [3.8, 4) is 5.75 Å². The molecule has 0 bridgehead atoms. The maximum Gasteiger partial charge on any atom is 0.319 e. The number of nitrogens with zero attached hydrogens (tertiary/aromatic N) is 3. The summed E-state index contributed by atoms with van der Waals surface area (Å²) >= 11 is 0. The van der Waals surface area contributed by atoms with Gasteiger partial charge in [0.25, 0.3) is 0 Å². The van der Waals surface area contributed by atoms with E-state index < -0.39 is 6.03 Å². The molecule has 9 nitrogen and oxygen atoms in total. The van der Waals surface area contributed by atoms with E-state index in [-0.39, 0.29) is 36.5 Å². The van der Waals surface area contributed by atoms with E-state index in [1.807, 2.05) is 0 Å². The van der Waals surface area contributed by atoms with E-state index in [1.165, 1.54) is 19.2 Å². The minimum absolute atomic E-state index is 0.0278. The summed E-state index contributed by atoms with van der Waals surface area (Å²) in [7, 11) is 1.52. The highest BCUT2D eigenvalue weighted by atomic mass is 19.1. The van der Waals surface area contributed by atoms with Crippen LogP contribution in [-0.4, -0.2) is 40.6 Å². The predicted molar refractivity (Wildman–Crippen MR) is 112 cm³/mol. The largest absolute Gasteiger partial charge is 0.495 e. The van der Waals surface area contributed by atoms with Gasteiger partial charge in [0, 0.05) is 25.4 Å². The molecule has 1 aromatic heterocycles. The van der Waals surface area contributed by atoms with E-state index in [0.717, 1.165) is 5.56 Å². The van der Waals surface area contributed by atoms with Crippen molar-refractivity contribution < 1.29 is 23.2 Å². The van der Waals surface area contributed by atoms with Crippen LogP contribution in [0.4, 0.5) is 14.9 Å². The van der Waals surface area contributed by atoms with Crippen molar-refractivity contribution >= 4 is 17.6 Å². The molecule has 10 heteroatoms. The average Bonchev–Trinajstić information content (AvgIpc) is 3.41. The van der Waals surface area contributed by atoms with E-state index in [2.05, 4.69) is 20.8 Å². The molecule has 1 fully saturated rings. The number of nitrogens with one attached hydrogen (secondary N) is 2. The maximum absolute atomic E-state index is 13.1. The van der Waals surface area contributed by atoms with Crippen LogP contribution in [0.3, 0.4) is 0 Å². The lowest BCUT2D eigenvalue weighted by Crippen LogP contribution is -2.28. The lowest BCUT2D eigenvalue weighted by Gasteiger charge is -2.16. The first-order valence-electron chi connectivity index (χ1n) is 10.0. The second-order valence-electron chi connectivity index (χ2n) is 7.36. The van der Waals surface area contributed by atoms with E-state index in [9.17, 15) is 14.0 Å². The molecule has 0 aliphatic carbocycles.